The molecule has 3 N–H and O–H groups in total. The van der Waals surface area contributed by atoms with Gasteiger partial charge in [0, 0.05) is 11.3 Å². The molecule has 1 aliphatic rings. The maximum atomic E-state index is 10.8. The second-order valence-electron chi connectivity index (χ2n) is 5.45. The minimum Gasteiger partial charge on any atom is -0.481 e. The summed E-state index contributed by atoms with van der Waals surface area (Å²) in [6.07, 6.45) is 1.45. The lowest BCUT2D eigenvalue weighted by molar-refractivity contribution is -0.136. The quantitative estimate of drug-likeness (QED) is 0.762. The van der Waals surface area contributed by atoms with Crippen molar-refractivity contribution in [2.24, 2.45) is 0 Å². The molecule has 2 aromatic heterocycles. The third kappa shape index (κ3) is 2.13. The molecule has 3 heterocycles. The third-order valence-electron chi connectivity index (χ3n) is 4.01. The fourth-order valence-corrected chi connectivity index (χ4v) is 3.02. The first-order chi connectivity index (χ1) is 11.1. The van der Waals surface area contributed by atoms with Gasteiger partial charge in [-0.2, -0.15) is 0 Å². The Labute approximate surface area is 131 Å². The number of hydrogen-bond acceptors (Lipinski definition) is 5. The van der Waals surface area contributed by atoms with Crippen molar-refractivity contribution in [3.63, 3.8) is 0 Å². The highest BCUT2D eigenvalue weighted by molar-refractivity contribution is 5.91. The van der Waals surface area contributed by atoms with Crippen LogP contribution in [0.4, 0.5) is 5.82 Å². The molecule has 0 saturated heterocycles. The summed E-state index contributed by atoms with van der Waals surface area (Å²) >= 11 is 0. The van der Waals surface area contributed by atoms with E-state index < -0.39 is 5.97 Å². The van der Waals surface area contributed by atoms with Crippen molar-refractivity contribution in [1.29, 1.82) is 0 Å². The van der Waals surface area contributed by atoms with E-state index in [4.69, 9.17) is 15.6 Å². The number of benzene rings is 1. The Bertz CT molecular complexity index is 915. The zero-order valence-corrected chi connectivity index (χ0v) is 12.2. The van der Waals surface area contributed by atoms with Crippen LogP contribution >= 0.6 is 0 Å². The van der Waals surface area contributed by atoms with Gasteiger partial charge >= 0.3 is 5.97 Å². The van der Waals surface area contributed by atoms with E-state index in [-0.39, 0.29) is 6.42 Å². The lowest BCUT2D eigenvalue weighted by atomic mass is 10.1. The number of anilines is 1. The first-order valence-corrected chi connectivity index (χ1v) is 7.16. The fourth-order valence-electron chi connectivity index (χ4n) is 3.02. The van der Waals surface area contributed by atoms with Gasteiger partial charge in [0.1, 0.15) is 17.4 Å². The molecule has 0 unspecified atom stereocenters. The summed E-state index contributed by atoms with van der Waals surface area (Å²) in [5.41, 5.74) is 11.3. The van der Waals surface area contributed by atoms with Crippen molar-refractivity contribution in [1.82, 2.24) is 14.5 Å². The normalized spacial score (nSPS) is 13.4. The number of hydrogen-bond donors (Lipinski definition) is 2. The van der Waals surface area contributed by atoms with E-state index in [2.05, 4.69) is 9.97 Å². The standard InChI is InChI=1S/C16H14N4O3/c17-16-15-14(18-8-19-16)11-6-23-7-12(11)20(15)10-3-1-9(2-4-10)5-13(21)22/h1-4,8H,5-7H2,(H,21,22)(H2,17,18,19). The highest BCUT2D eigenvalue weighted by Crippen LogP contribution is 2.35. The summed E-state index contributed by atoms with van der Waals surface area (Å²) in [6.45, 7) is 0.994. The molecule has 23 heavy (non-hydrogen) atoms. The second-order valence-corrected chi connectivity index (χ2v) is 5.45. The average molecular weight is 310 g/mol. The summed E-state index contributed by atoms with van der Waals surface area (Å²) in [6, 6.07) is 7.36. The molecule has 0 fully saturated rings. The molecule has 116 valence electrons. The average Bonchev–Trinajstić information content (AvgIpc) is 3.09. The first-order valence-electron chi connectivity index (χ1n) is 7.16. The molecule has 3 aromatic rings. The Morgan fingerprint density at radius 1 is 1.26 bits per heavy atom. The molecule has 7 nitrogen and oxygen atoms in total. The molecular formula is C16H14N4O3. The van der Waals surface area contributed by atoms with Gasteiger partial charge in [-0.3, -0.25) is 4.79 Å². The summed E-state index contributed by atoms with van der Waals surface area (Å²) in [5, 5.41) is 8.87. The molecule has 0 atom stereocenters. The number of carbonyl (C=O) groups is 1. The molecule has 0 aliphatic carbocycles. The van der Waals surface area contributed by atoms with Gasteiger partial charge in [0.25, 0.3) is 0 Å². The first kappa shape index (κ1) is 13.7. The minimum absolute atomic E-state index is 0.000819. The topological polar surface area (TPSA) is 103 Å². The Morgan fingerprint density at radius 2 is 2.04 bits per heavy atom. The molecule has 4 rings (SSSR count). The van der Waals surface area contributed by atoms with Gasteiger partial charge in [-0.1, -0.05) is 12.1 Å². The van der Waals surface area contributed by atoms with Crippen LogP contribution in [0.15, 0.2) is 30.6 Å². The van der Waals surface area contributed by atoms with Crippen LogP contribution in [-0.2, 0) is 29.2 Å². The SMILES string of the molecule is Nc1ncnc2c3c(n(-c4ccc(CC(=O)O)cc4)c12)COC3. The fraction of sp³-hybridized carbons (Fsp3) is 0.188. The number of ether oxygens (including phenoxy) is 1. The van der Waals surface area contributed by atoms with E-state index in [1.54, 1.807) is 12.1 Å². The van der Waals surface area contributed by atoms with Gasteiger partial charge < -0.3 is 20.1 Å². The van der Waals surface area contributed by atoms with E-state index in [0.29, 0.717) is 19.0 Å². The van der Waals surface area contributed by atoms with Gasteiger partial charge in [0.15, 0.2) is 5.82 Å². The summed E-state index contributed by atoms with van der Waals surface area (Å²) < 4.78 is 7.54. The molecule has 0 amide bonds. The third-order valence-corrected chi connectivity index (χ3v) is 4.01. The van der Waals surface area contributed by atoms with E-state index in [1.165, 1.54) is 6.33 Å². The molecule has 0 saturated carbocycles. The number of fused-ring (bicyclic) bond motifs is 3. The Morgan fingerprint density at radius 3 is 2.78 bits per heavy atom. The molecule has 0 radical (unpaired) electrons. The van der Waals surface area contributed by atoms with Gasteiger partial charge in [0.05, 0.1) is 25.3 Å². The molecule has 1 aromatic carbocycles. The van der Waals surface area contributed by atoms with Crippen LogP contribution in [0.1, 0.15) is 16.8 Å². The number of rotatable bonds is 3. The van der Waals surface area contributed by atoms with Gasteiger partial charge in [0.2, 0.25) is 0 Å². The number of nitrogen functional groups attached to an aromatic ring is 1. The predicted molar refractivity (Wildman–Crippen MR) is 83.1 cm³/mol. The van der Waals surface area contributed by atoms with Crippen LogP contribution in [0.3, 0.4) is 0 Å². The molecule has 0 spiro atoms. The second kappa shape index (κ2) is 5.06. The van der Waals surface area contributed by atoms with Gasteiger partial charge in [-0.25, -0.2) is 9.97 Å². The summed E-state index contributed by atoms with van der Waals surface area (Å²) in [5.74, 6) is -0.435. The number of carboxylic acids is 1. The molecule has 1 aliphatic heterocycles. The largest absolute Gasteiger partial charge is 0.481 e. The highest BCUT2D eigenvalue weighted by atomic mass is 16.5. The lowest BCUT2D eigenvalue weighted by Gasteiger charge is -2.10. The predicted octanol–water partition coefficient (Wildman–Crippen LogP) is 1.66. The minimum atomic E-state index is -0.851. The Kier molecular flexibility index (Phi) is 3.02. The lowest BCUT2D eigenvalue weighted by Crippen LogP contribution is -2.04. The molecule has 0 bridgehead atoms. The van der Waals surface area contributed by atoms with Crippen LogP contribution in [0.25, 0.3) is 16.7 Å². The zero-order chi connectivity index (χ0) is 16.0. The number of nitrogens with two attached hydrogens (primary N) is 1. The zero-order valence-electron chi connectivity index (χ0n) is 12.2. The summed E-state index contributed by atoms with van der Waals surface area (Å²) in [7, 11) is 0. The maximum absolute atomic E-state index is 10.8. The number of aromatic nitrogens is 3. The number of carboxylic acid groups (broad SMARTS) is 1. The van der Waals surface area contributed by atoms with E-state index in [1.807, 2.05) is 16.7 Å². The van der Waals surface area contributed by atoms with Crippen molar-refractivity contribution < 1.29 is 14.6 Å². The number of aliphatic carboxylic acids is 1. The smallest absolute Gasteiger partial charge is 0.307 e. The van der Waals surface area contributed by atoms with Crippen LogP contribution in [0.5, 0.6) is 0 Å². The number of nitrogens with zero attached hydrogens (tertiary/aromatic N) is 3. The maximum Gasteiger partial charge on any atom is 0.307 e. The van der Waals surface area contributed by atoms with Crippen LogP contribution in [-0.4, -0.2) is 25.6 Å². The van der Waals surface area contributed by atoms with Crippen LogP contribution < -0.4 is 5.73 Å². The van der Waals surface area contributed by atoms with Crippen molar-refractivity contribution >= 4 is 22.8 Å². The Hall–Kier alpha value is -2.93. The molecular weight excluding hydrogens is 296 g/mol. The van der Waals surface area contributed by atoms with Crippen molar-refractivity contribution in [2.75, 3.05) is 5.73 Å². The monoisotopic (exact) mass is 310 g/mol. The van der Waals surface area contributed by atoms with Crippen molar-refractivity contribution in [2.45, 2.75) is 19.6 Å². The van der Waals surface area contributed by atoms with E-state index >= 15 is 0 Å². The van der Waals surface area contributed by atoms with Crippen LogP contribution in [0.2, 0.25) is 0 Å². The van der Waals surface area contributed by atoms with Crippen molar-refractivity contribution in [3.8, 4) is 5.69 Å². The van der Waals surface area contributed by atoms with Gasteiger partial charge in [-0.15, -0.1) is 0 Å². The van der Waals surface area contributed by atoms with E-state index in [9.17, 15) is 4.79 Å². The highest BCUT2D eigenvalue weighted by Gasteiger charge is 2.25. The van der Waals surface area contributed by atoms with Crippen molar-refractivity contribution in [3.05, 3.63) is 47.4 Å². The Balaban J connectivity index is 1.90. The summed E-state index contributed by atoms with van der Waals surface area (Å²) in [4.78, 5) is 19.2. The van der Waals surface area contributed by atoms with E-state index in [0.717, 1.165) is 33.5 Å². The van der Waals surface area contributed by atoms with Crippen LogP contribution in [0, 0.1) is 0 Å². The van der Waals surface area contributed by atoms with Gasteiger partial charge in [-0.05, 0) is 17.7 Å². The molecule has 7 heteroatoms.